The van der Waals surface area contributed by atoms with Crippen molar-refractivity contribution in [3.05, 3.63) is 60.8 Å². The van der Waals surface area contributed by atoms with E-state index in [0.717, 1.165) is 96.3 Å². The Morgan fingerprint density at radius 3 is 1.16 bits per heavy atom. The molecule has 1 unspecified atom stereocenters. The van der Waals surface area contributed by atoms with Crippen molar-refractivity contribution in [2.75, 3.05) is 13.2 Å². The van der Waals surface area contributed by atoms with Crippen molar-refractivity contribution in [2.24, 2.45) is 0 Å². The Morgan fingerprint density at radius 2 is 0.714 bits per heavy atom. The second kappa shape index (κ2) is 44.8. The van der Waals surface area contributed by atoms with E-state index in [1.165, 1.54) is 83.5 Å². The molecule has 0 saturated heterocycles. The number of carbonyl (C=O) groups excluding carboxylic acids is 3. The molecule has 0 aliphatic carbocycles. The van der Waals surface area contributed by atoms with Crippen molar-refractivity contribution in [2.45, 2.75) is 226 Å². The van der Waals surface area contributed by atoms with E-state index in [0.29, 0.717) is 19.3 Å². The van der Waals surface area contributed by atoms with E-state index >= 15 is 0 Å². The van der Waals surface area contributed by atoms with Crippen LogP contribution in [0.1, 0.15) is 220 Å². The third-order valence-electron chi connectivity index (χ3n) is 9.85. The van der Waals surface area contributed by atoms with Crippen LogP contribution in [0.3, 0.4) is 0 Å². The normalized spacial score (nSPS) is 12.6. The lowest BCUT2D eigenvalue weighted by atomic mass is 10.0. The summed E-state index contributed by atoms with van der Waals surface area (Å²) in [6.07, 6.45) is 53.4. The fourth-order valence-electron chi connectivity index (χ4n) is 6.30. The number of hydrogen-bond donors (Lipinski definition) is 0. The fraction of sp³-hybridized carbons (Fsp3) is 0.740. The highest BCUT2D eigenvalue weighted by Crippen LogP contribution is 2.15. The van der Waals surface area contributed by atoms with Crippen molar-refractivity contribution in [3.8, 4) is 0 Å². The molecule has 322 valence electrons. The fourth-order valence-corrected chi connectivity index (χ4v) is 6.30. The van der Waals surface area contributed by atoms with Gasteiger partial charge in [0.15, 0.2) is 6.10 Å². The highest BCUT2D eigenvalue weighted by molar-refractivity contribution is 5.71. The van der Waals surface area contributed by atoms with Gasteiger partial charge in [-0.15, -0.1) is 0 Å². The molecule has 0 aliphatic rings. The molecule has 0 aromatic rings. The van der Waals surface area contributed by atoms with Gasteiger partial charge in [0.2, 0.25) is 0 Å². The molecule has 0 bridgehead atoms. The summed E-state index contributed by atoms with van der Waals surface area (Å²) >= 11 is 0. The summed E-state index contributed by atoms with van der Waals surface area (Å²) in [5.41, 5.74) is 0. The first-order chi connectivity index (χ1) is 27.5. The van der Waals surface area contributed by atoms with Crippen molar-refractivity contribution in [3.63, 3.8) is 0 Å². The topological polar surface area (TPSA) is 78.9 Å². The molecule has 0 aromatic heterocycles. The van der Waals surface area contributed by atoms with Crippen LogP contribution in [0.4, 0.5) is 0 Å². The minimum absolute atomic E-state index is 0.0900. The second-order valence-electron chi connectivity index (χ2n) is 15.4. The lowest BCUT2D eigenvalue weighted by Crippen LogP contribution is -2.30. The van der Waals surface area contributed by atoms with Crippen LogP contribution in [0.2, 0.25) is 0 Å². The summed E-state index contributed by atoms with van der Waals surface area (Å²) in [6.45, 7) is 6.40. The molecule has 0 radical (unpaired) electrons. The molecular weight excluding hydrogens is 697 g/mol. The summed E-state index contributed by atoms with van der Waals surface area (Å²) in [6, 6.07) is 0. The molecule has 0 N–H and O–H groups in total. The molecule has 0 aliphatic heterocycles. The Balaban J connectivity index is 4.43. The SMILES string of the molecule is CC\C=C/C=C\C=C/CCCCCCCC(=O)OC(COC(=O)CCCCC/C=C\C=C/CCCC)COC(=O)CCCCCCCCCCCCCCCC. The monoisotopic (exact) mass is 783 g/mol. The molecule has 0 amide bonds. The van der Waals surface area contributed by atoms with Gasteiger partial charge >= 0.3 is 17.9 Å². The number of unbranched alkanes of at least 4 members (excludes halogenated alkanes) is 23. The van der Waals surface area contributed by atoms with Gasteiger partial charge in [-0.3, -0.25) is 14.4 Å². The highest BCUT2D eigenvalue weighted by atomic mass is 16.6. The number of allylic oxidation sites excluding steroid dienone is 10. The molecule has 6 nitrogen and oxygen atoms in total. The van der Waals surface area contributed by atoms with E-state index in [1.54, 1.807) is 0 Å². The summed E-state index contributed by atoms with van der Waals surface area (Å²) < 4.78 is 16.7. The van der Waals surface area contributed by atoms with Crippen LogP contribution >= 0.6 is 0 Å². The van der Waals surface area contributed by atoms with Crippen LogP contribution in [0, 0.1) is 0 Å². The number of esters is 3. The minimum Gasteiger partial charge on any atom is -0.462 e. The van der Waals surface area contributed by atoms with Crippen LogP contribution in [-0.2, 0) is 28.6 Å². The van der Waals surface area contributed by atoms with E-state index in [9.17, 15) is 14.4 Å². The van der Waals surface area contributed by atoms with E-state index in [-0.39, 0.29) is 31.1 Å². The molecule has 6 heteroatoms. The minimum atomic E-state index is -0.791. The third-order valence-corrected chi connectivity index (χ3v) is 9.85. The van der Waals surface area contributed by atoms with Gasteiger partial charge in [-0.25, -0.2) is 0 Å². The van der Waals surface area contributed by atoms with Gasteiger partial charge in [-0.05, 0) is 57.8 Å². The highest BCUT2D eigenvalue weighted by Gasteiger charge is 2.19. The molecule has 56 heavy (non-hydrogen) atoms. The Labute approximate surface area is 345 Å². The van der Waals surface area contributed by atoms with Crippen LogP contribution in [0.25, 0.3) is 0 Å². The average molecular weight is 783 g/mol. The first kappa shape index (κ1) is 53.1. The number of ether oxygens (including phenoxy) is 3. The Hall–Kier alpha value is -2.89. The maximum absolute atomic E-state index is 12.7. The summed E-state index contributed by atoms with van der Waals surface area (Å²) in [7, 11) is 0. The van der Waals surface area contributed by atoms with E-state index in [2.05, 4.69) is 81.5 Å². The standard InChI is InChI=1S/C50H86O6/c1-4-7-10-13-16-19-22-24-26-28-31-34-37-40-43-49(52)55-46-47(45-54-48(51)42-39-36-33-30-27-21-18-15-12-9-6-3)56-50(53)44-41-38-35-32-29-25-23-20-17-14-11-8-5-2/h8,11,14-15,17-18,20-21,23,27,47H,4-7,9-10,12-13,16,19,22,24-26,28-46H2,1-3H3/b11-8-,17-14-,18-15-,23-20-,27-21-. The Morgan fingerprint density at radius 1 is 0.375 bits per heavy atom. The van der Waals surface area contributed by atoms with Crippen LogP contribution in [0.5, 0.6) is 0 Å². The van der Waals surface area contributed by atoms with Crippen LogP contribution in [-0.4, -0.2) is 37.2 Å². The van der Waals surface area contributed by atoms with E-state index in [1.807, 2.05) is 0 Å². The molecule has 0 fully saturated rings. The first-order valence-electron chi connectivity index (χ1n) is 23.3. The summed E-state index contributed by atoms with van der Waals surface area (Å²) in [5, 5.41) is 0. The third kappa shape index (κ3) is 42.3. The van der Waals surface area contributed by atoms with Crippen molar-refractivity contribution in [1.82, 2.24) is 0 Å². The summed E-state index contributed by atoms with van der Waals surface area (Å²) in [5.74, 6) is -0.941. The van der Waals surface area contributed by atoms with Gasteiger partial charge in [-0.2, -0.15) is 0 Å². The largest absolute Gasteiger partial charge is 0.462 e. The Kier molecular flexibility index (Phi) is 42.5. The smallest absolute Gasteiger partial charge is 0.306 e. The van der Waals surface area contributed by atoms with E-state index in [4.69, 9.17) is 14.2 Å². The predicted octanol–water partition coefficient (Wildman–Crippen LogP) is 14.9. The zero-order valence-electron chi connectivity index (χ0n) is 36.6. The van der Waals surface area contributed by atoms with Gasteiger partial charge in [0.05, 0.1) is 0 Å². The molecule has 0 rings (SSSR count). The zero-order valence-corrected chi connectivity index (χ0v) is 36.6. The van der Waals surface area contributed by atoms with Gasteiger partial charge in [0.25, 0.3) is 0 Å². The molecule has 0 saturated carbocycles. The lowest BCUT2D eigenvalue weighted by molar-refractivity contribution is -0.167. The average Bonchev–Trinajstić information content (AvgIpc) is 3.19. The van der Waals surface area contributed by atoms with Crippen LogP contribution < -0.4 is 0 Å². The van der Waals surface area contributed by atoms with Crippen molar-refractivity contribution < 1.29 is 28.6 Å². The van der Waals surface area contributed by atoms with Gasteiger partial charge in [-0.1, -0.05) is 204 Å². The molecule has 1 atom stereocenters. The Bertz CT molecular complexity index is 1040. The van der Waals surface area contributed by atoms with Gasteiger partial charge in [0.1, 0.15) is 13.2 Å². The zero-order chi connectivity index (χ0) is 40.8. The maximum atomic E-state index is 12.7. The number of rotatable bonds is 41. The van der Waals surface area contributed by atoms with Gasteiger partial charge < -0.3 is 14.2 Å². The van der Waals surface area contributed by atoms with Gasteiger partial charge in [0, 0.05) is 19.3 Å². The molecule has 0 spiro atoms. The van der Waals surface area contributed by atoms with Crippen LogP contribution in [0.15, 0.2) is 60.8 Å². The van der Waals surface area contributed by atoms with E-state index < -0.39 is 6.10 Å². The first-order valence-corrected chi connectivity index (χ1v) is 23.3. The summed E-state index contributed by atoms with van der Waals surface area (Å²) in [4.78, 5) is 37.7. The molecular formula is C50H86O6. The molecule has 0 aromatic carbocycles. The number of carbonyl (C=O) groups is 3. The predicted molar refractivity (Wildman–Crippen MR) is 238 cm³/mol. The maximum Gasteiger partial charge on any atom is 0.306 e. The van der Waals surface area contributed by atoms with Crippen molar-refractivity contribution in [1.29, 1.82) is 0 Å². The van der Waals surface area contributed by atoms with Crippen molar-refractivity contribution >= 4 is 17.9 Å². The number of hydrogen-bond acceptors (Lipinski definition) is 6. The lowest BCUT2D eigenvalue weighted by Gasteiger charge is -2.18. The second-order valence-corrected chi connectivity index (χ2v) is 15.4. The molecule has 0 heterocycles. The quantitative estimate of drug-likeness (QED) is 0.0266.